The first-order valence-electron chi connectivity index (χ1n) is 10.2. The lowest BCUT2D eigenvalue weighted by atomic mass is 9.77. The SMILES string of the molecule is O=C(c1ccc2ncsc2c1)N1C[C@H]2C[C@@H](N3CCCC3)[C@H](O)C[C@H]2C1.O=CO. The monoisotopic (exact) mass is 417 g/mol. The average molecular weight is 418 g/mol. The molecule has 1 aliphatic carbocycles. The number of rotatable bonds is 2. The number of fused-ring (bicyclic) bond motifs is 2. The van der Waals surface area contributed by atoms with E-state index in [2.05, 4.69) is 9.88 Å². The number of aliphatic hydroxyl groups excluding tert-OH is 1. The Kier molecular flexibility index (Phi) is 6.12. The van der Waals surface area contributed by atoms with E-state index in [-0.39, 0.29) is 18.5 Å². The molecular formula is C21H27N3O4S. The lowest BCUT2D eigenvalue weighted by Gasteiger charge is -2.40. The first-order chi connectivity index (χ1) is 14.1. The van der Waals surface area contributed by atoms with Gasteiger partial charge in [-0.05, 0) is 68.8 Å². The van der Waals surface area contributed by atoms with Crippen LogP contribution in [0.2, 0.25) is 0 Å². The number of carbonyl (C=O) groups is 2. The van der Waals surface area contributed by atoms with Gasteiger partial charge in [0.1, 0.15) is 0 Å². The molecule has 0 unspecified atom stereocenters. The van der Waals surface area contributed by atoms with E-state index >= 15 is 0 Å². The molecule has 3 heterocycles. The van der Waals surface area contributed by atoms with Gasteiger partial charge in [-0.25, -0.2) is 4.98 Å². The van der Waals surface area contributed by atoms with Gasteiger partial charge < -0.3 is 15.1 Å². The summed E-state index contributed by atoms with van der Waals surface area (Å²) in [5.74, 6) is 1.10. The van der Waals surface area contributed by atoms with Crippen molar-refractivity contribution in [1.29, 1.82) is 0 Å². The van der Waals surface area contributed by atoms with Crippen LogP contribution in [0.3, 0.4) is 0 Å². The molecule has 3 fully saturated rings. The molecule has 1 saturated carbocycles. The Morgan fingerprint density at radius 2 is 1.86 bits per heavy atom. The Hall–Kier alpha value is -2.03. The lowest BCUT2D eigenvalue weighted by Crippen LogP contribution is -2.48. The summed E-state index contributed by atoms with van der Waals surface area (Å²) in [4.78, 5) is 30.2. The van der Waals surface area contributed by atoms with Crippen molar-refractivity contribution in [2.45, 2.75) is 37.8 Å². The summed E-state index contributed by atoms with van der Waals surface area (Å²) in [6.45, 7) is 3.61. The first kappa shape index (κ1) is 20.3. The summed E-state index contributed by atoms with van der Waals surface area (Å²) in [7, 11) is 0. The first-order valence-corrected chi connectivity index (χ1v) is 11.1. The predicted octanol–water partition coefficient (Wildman–Crippen LogP) is 2.30. The largest absolute Gasteiger partial charge is 0.483 e. The van der Waals surface area contributed by atoms with Crippen molar-refractivity contribution in [2.75, 3.05) is 26.2 Å². The van der Waals surface area contributed by atoms with Crippen LogP contribution in [0.25, 0.3) is 10.2 Å². The summed E-state index contributed by atoms with van der Waals surface area (Å²) in [5.41, 5.74) is 3.54. The Morgan fingerprint density at radius 3 is 2.59 bits per heavy atom. The van der Waals surface area contributed by atoms with E-state index < -0.39 is 0 Å². The molecule has 8 heteroatoms. The zero-order valence-corrected chi connectivity index (χ0v) is 17.1. The molecule has 3 aliphatic rings. The van der Waals surface area contributed by atoms with Crippen LogP contribution in [-0.2, 0) is 4.79 Å². The number of hydrogen-bond acceptors (Lipinski definition) is 6. The third-order valence-electron chi connectivity index (χ3n) is 6.58. The zero-order valence-electron chi connectivity index (χ0n) is 16.3. The van der Waals surface area contributed by atoms with Crippen molar-refractivity contribution in [3.63, 3.8) is 0 Å². The van der Waals surface area contributed by atoms with Gasteiger partial charge in [-0.15, -0.1) is 11.3 Å². The minimum Gasteiger partial charge on any atom is -0.483 e. The van der Waals surface area contributed by atoms with Crippen molar-refractivity contribution in [3.05, 3.63) is 29.3 Å². The lowest BCUT2D eigenvalue weighted by molar-refractivity contribution is -0.122. The highest BCUT2D eigenvalue weighted by Crippen LogP contribution is 2.39. The standard InChI is InChI=1S/C20H25N3O2S.CH2O2/c24-18-8-15-11-23(10-14(15)7-17(18)22-5-1-2-6-22)20(25)13-3-4-16-19(9-13)26-12-21-16;2-1-3/h3-4,9,12,14-15,17-18,24H,1-2,5-8,10-11H2;1H,(H,2,3)/t14-,15+,17-,18-;/m1./s1. The van der Waals surface area contributed by atoms with Crippen LogP contribution in [0.4, 0.5) is 0 Å². The number of hydrogen-bond donors (Lipinski definition) is 2. The number of amides is 1. The van der Waals surface area contributed by atoms with Gasteiger partial charge in [0.05, 0.1) is 21.8 Å². The predicted molar refractivity (Wildman–Crippen MR) is 111 cm³/mol. The molecule has 1 aromatic carbocycles. The summed E-state index contributed by atoms with van der Waals surface area (Å²) < 4.78 is 1.07. The van der Waals surface area contributed by atoms with Gasteiger partial charge in [0.25, 0.3) is 12.4 Å². The number of carboxylic acid groups (broad SMARTS) is 1. The molecule has 0 spiro atoms. The zero-order chi connectivity index (χ0) is 20.4. The van der Waals surface area contributed by atoms with Crippen molar-refractivity contribution < 1.29 is 19.8 Å². The molecule has 4 atom stereocenters. The number of thiazole rings is 1. The van der Waals surface area contributed by atoms with E-state index in [1.165, 1.54) is 12.8 Å². The Balaban J connectivity index is 0.000000645. The fourth-order valence-electron chi connectivity index (χ4n) is 5.21. The molecule has 0 radical (unpaired) electrons. The second kappa shape index (κ2) is 8.77. The molecule has 2 aromatic rings. The van der Waals surface area contributed by atoms with Crippen LogP contribution >= 0.6 is 11.3 Å². The molecule has 5 rings (SSSR count). The number of aliphatic hydroxyl groups is 1. The van der Waals surface area contributed by atoms with Crippen LogP contribution in [0.15, 0.2) is 23.7 Å². The molecule has 7 nitrogen and oxygen atoms in total. The van der Waals surface area contributed by atoms with Gasteiger partial charge in [0, 0.05) is 24.7 Å². The minimum atomic E-state index is -0.250. The number of likely N-dealkylation sites (tertiary alicyclic amines) is 2. The van der Waals surface area contributed by atoms with Crippen molar-refractivity contribution in [1.82, 2.24) is 14.8 Å². The highest BCUT2D eigenvalue weighted by atomic mass is 32.1. The molecule has 2 aliphatic heterocycles. The summed E-state index contributed by atoms with van der Waals surface area (Å²) >= 11 is 1.58. The Labute approximate surface area is 174 Å². The van der Waals surface area contributed by atoms with E-state index in [1.807, 2.05) is 28.6 Å². The maximum atomic E-state index is 13.0. The van der Waals surface area contributed by atoms with Gasteiger partial charge in [-0.2, -0.15) is 0 Å². The fourth-order valence-corrected chi connectivity index (χ4v) is 5.93. The van der Waals surface area contributed by atoms with Gasteiger partial charge >= 0.3 is 0 Å². The quantitative estimate of drug-likeness (QED) is 0.729. The van der Waals surface area contributed by atoms with Crippen LogP contribution in [0, 0.1) is 11.8 Å². The van der Waals surface area contributed by atoms with Gasteiger partial charge in [-0.1, -0.05) is 0 Å². The molecule has 156 valence electrons. The maximum absolute atomic E-state index is 13.0. The highest BCUT2D eigenvalue weighted by Gasteiger charge is 2.44. The van der Waals surface area contributed by atoms with Gasteiger partial charge in [0.2, 0.25) is 0 Å². The van der Waals surface area contributed by atoms with E-state index in [9.17, 15) is 9.90 Å². The summed E-state index contributed by atoms with van der Waals surface area (Å²) in [6.07, 6.45) is 4.13. The van der Waals surface area contributed by atoms with E-state index in [1.54, 1.807) is 11.3 Å². The summed E-state index contributed by atoms with van der Waals surface area (Å²) in [6, 6.07) is 6.10. The highest BCUT2D eigenvalue weighted by molar-refractivity contribution is 7.16. The van der Waals surface area contributed by atoms with Crippen molar-refractivity contribution in [2.24, 2.45) is 11.8 Å². The van der Waals surface area contributed by atoms with Gasteiger partial charge in [0.15, 0.2) is 0 Å². The Morgan fingerprint density at radius 1 is 1.17 bits per heavy atom. The molecule has 1 aromatic heterocycles. The minimum absolute atomic E-state index is 0.127. The Bertz CT molecular complexity index is 866. The number of aromatic nitrogens is 1. The number of benzene rings is 1. The normalized spacial score (nSPS) is 29.3. The second-order valence-corrected chi connectivity index (χ2v) is 9.11. The molecule has 29 heavy (non-hydrogen) atoms. The number of nitrogens with zero attached hydrogens (tertiary/aromatic N) is 3. The average Bonchev–Trinajstić information content (AvgIpc) is 3.46. The van der Waals surface area contributed by atoms with E-state index in [0.29, 0.717) is 17.9 Å². The third-order valence-corrected chi connectivity index (χ3v) is 7.38. The molecule has 2 saturated heterocycles. The van der Waals surface area contributed by atoms with Crippen LogP contribution < -0.4 is 0 Å². The van der Waals surface area contributed by atoms with Crippen LogP contribution in [0.5, 0.6) is 0 Å². The summed E-state index contributed by atoms with van der Waals surface area (Å²) in [5, 5.41) is 17.6. The van der Waals surface area contributed by atoms with E-state index in [4.69, 9.17) is 9.90 Å². The molecule has 2 N–H and O–H groups in total. The molecule has 0 bridgehead atoms. The van der Waals surface area contributed by atoms with Gasteiger partial charge in [-0.3, -0.25) is 14.5 Å². The van der Waals surface area contributed by atoms with Crippen LogP contribution in [0.1, 0.15) is 36.0 Å². The molecule has 1 amide bonds. The van der Waals surface area contributed by atoms with Crippen molar-refractivity contribution in [3.8, 4) is 0 Å². The maximum Gasteiger partial charge on any atom is 0.290 e. The van der Waals surface area contributed by atoms with Crippen molar-refractivity contribution >= 4 is 33.9 Å². The van der Waals surface area contributed by atoms with E-state index in [0.717, 1.165) is 54.8 Å². The topological polar surface area (TPSA) is 94.0 Å². The molecular weight excluding hydrogens is 390 g/mol. The number of carbonyl (C=O) groups excluding carboxylic acids is 1. The van der Waals surface area contributed by atoms with Crippen LogP contribution in [-0.4, -0.2) is 75.7 Å². The third kappa shape index (κ3) is 4.15. The smallest absolute Gasteiger partial charge is 0.290 e. The second-order valence-electron chi connectivity index (χ2n) is 8.22. The fraction of sp³-hybridized carbons (Fsp3) is 0.571.